The number of rotatable bonds is 19. The van der Waals surface area contributed by atoms with E-state index in [4.69, 9.17) is 33.2 Å². The van der Waals surface area contributed by atoms with Gasteiger partial charge in [0.2, 0.25) is 17.7 Å². The van der Waals surface area contributed by atoms with Gasteiger partial charge in [-0.2, -0.15) is 0 Å². The Balaban J connectivity index is 1.73. The van der Waals surface area contributed by atoms with Gasteiger partial charge >= 0.3 is 11.9 Å². The van der Waals surface area contributed by atoms with Gasteiger partial charge in [0.25, 0.3) is 11.6 Å². The highest BCUT2D eigenvalue weighted by Crippen LogP contribution is 2.40. The van der Waals surface area contributed by atoms with Crippen molar-refractivity contribution in [3.63, 3.8) is 0 Å². The Morgan fingerprint density at radius 1 is 0.621 bits per heavy atom. The third-order valence-electron chi connectivity index (χ3n) is 11.4. The average Bonchev–Trinajstić information content (AvgIpc) is 3.24. The zero-order valence-electron chi connectivity index (χ0n) is 35.4. The molecule has 30 nitrogen and oxygen atoms in total. The molecular weight excluding hydrogens is 906 g/mol. The van der Waals surface area contributed by atoms with E-state index in [1.54, 1.807) is 0 Å². The maximum absolute atomic E-state index is 13.2. The highest BCUT2D eigenvalue weighted by Gasteiger charge is 2.62. The van der Waals surface area contributed by atoms with Crippen molar-refractivity contribution < 1.29 is 134 Å². The van der Waals surface area contributed by atoms with Crippen LogP contribution < -0.4 is 16.0 Å². The number of aliphatic hydroxyl groups excluding tert-OH is 13. The summed E-state index contributed by atoms with van der Waals surface area (Å²) in [6, 6.07) is -5.23. The number of carboxylic acid groups (broad SMARTS) is 2. The van der Waals surface area contributed by atoms with Crippen LogP contribution in [0.1, 0.15) is 33.6 Å². The number of aliphatic carboxylic acids is 2. The van der Waals surface area contributed by atoms with Gasteiger partial charge < -0.3 is 126 Å². The summed E-state index contributed by atoms with van der Waals surface area (Å²) < 4.78 is 38.9. The molecule has 0 aliphatic carbocycles. The zero-order chi connectivity index (χ0) is 49.7. The molecule has 0 aromatic carbocycles. The number of nitrogens with one attached hydrogen (secondary N) is 3. The quantitative estimate of drug-likeness (QED) is 0.0571. The number of ether oxygens (including phenoxy) is 7. The van der Waals surface area contributed by atoms with E-state index in [1.807, 2.05) is 0 Å². The summed E-state index contributed by atoms with van der Waals surface area (Å²) in [4.78, 5) is 62.5. The van der Waals surface area contributed by atoms with E-state index in [9.17, 15) is 101 Å². The number of amides is 3. The molecule has 30 heteroatoms. The first kappa shape index (κ1) is 55.1. The van der Waals surface area contributed by atoms with E-state index in [1.165, 1.54) is 0 Å². The molecule has 66 heavy (non-hydrogen) atoms. The molecule has 1 unspecified atom stereocenters. The molecule has 3 amide bonds. The lowest BCUT2D eigenvalue weighted by molar-refractivity contribution is -0.383. The van der Waals surface area contributed by atoms with Gasteiger partial charge in [-0.15, -0.1) is 0 Å². The molecular formula is C36H59N3O27. The van der Waals surface area contributed by atoms with E-state index in [2.05, 4.69) is 16.0 Å². The Labute approximate surface area is 373 Å². The molecule has 18 N–H and O–H groups in total. The molecule has 0 aromatic heterocycles. The number of carbonyl (C=O) groups excluding carboxylic acids is 3. The number of hydrogen-bond donors (Lipinski definition) is 18. The minimum absolute atomic E-state index is 0.793. The van der Waals surface area contributed by atoms with Crippen molar-refractivity contribution >= 4 is 29.7 Å². The van der Waals surface area contributed by atoms with Gasteiger partial charge in [0.1, 0.15) is 85.4 Å². The van der Waals surface area contributed by atoms with Crippen LogP contribution in [0.25, 0.3) is 0 Å². The Morgan fingerprint density at radius 2 is 1.08 bits per heavy atom. The molecule has 0 aromatic rings. The smallest absolute Gasteiger partial charge is 0.364 e. The van der Waals surface area contributed by atoms with Crippen LogP contribution in [-0.4, -0.2) is 267 Å². The second-order valence-corrected chi connectivity index (χ2v) is 16.2. The van der Waals surface area contributed by atoms with Crippen LogP contribution in [0.2, 0.25) is 0 Å². The van der Waals surface area contributed by atoms with E-state index in [0.717, 1.165) is 20.8 Å². The molecule has 4 heterocycles. The van der Waals surface area contributed by atoms with Crippen molar-refractivity contribution in [2.24, 2.45) is 0 Å². The second kappa shape index (κ2) is 22.8. The summed E-state index contributed by atoms with van der Waals surface area (Å²) in [7, 11) is 0. The Kier molecular flexibility index (Phi) is 19.0. The zero-order valence-corrected chi connectivity index (χ0v) is 35.4. The van der Waals surface area contributed by atoms with Crippen LogP contribution in [0.4, 0.5) is 0 Å². The van der Waals surface area contributed by atoms with Crippen molar-refractivity contribution in [2.75, 3.05) is 26.4 Å². The highest BCUT2D eigenvalue weighted by atomic mass is 16.8. The summed E-state index contributed by atoms with van der Waals surface area (Å²) >= 11 is 0. The van der Waals surface area contributed by atoms with Gasteiger partial charge in [-0.05, 0) is 0 Å². The predicted molar refractivity (Wildman–Crippen MR) is 203 cm³/mol. The summed E-state index contributed by atoms with van der Waals surface area (Å²) in [5.74, 6) is -13.5. The fourth-order valence-electron chi connectivity index (χ4n) is 8.16. The summed E-state index contributed by atoms with van der Waals surface area (Å²) in [6.07, 6.45) is -38.6. The van der Waals surface area contributed by atoms with Crippen molar-refractivity contribution in [1.29, 1.82) is 0 Å². The van der Waals surface area contributed by atoms with Gasteiger partial charge in [0.05, 0.1) is 50.7 Å². The molecule has 4 rings (SSSR count). The predicted octanol–water partition coefficient (Wildman–Crippen LogP) is -10.9. The first-order chi connectivity index (χ1) is 30.8. The van der Waals surface area contributed by atoms with E-state index < -0.39 is 203 Å². The van der Waals surface area contributed by atoms with E-state index in [0.29, 0.717) is 0 Å². The van der Waals surface area contributed by atoms with Crippen molar-refractivity contribution in [1.82, 2.24) is 16.0 Å². The van der Waals surface area contributed by atoms with Crippen LogP contribution in [0.3, 0.4) is 0 Å². The van der Waals surface area contributed by atoms with Gasteiger partial charge in [0, 0.05) is 33.6 Å². The third kappa shape index (κ3) is 11.9. The lowest BCUT2D eigenvalue weighted by Crippen LogP contribution is -2.72. The maximum Gasteiger partial charge on any atom is 0.364 e. The molecule has 4 fully saturated rings. The van der Waals surface area contributed by atoms with Crippen LogP contribution in [-0.2, 0) is 57.1 Å². The highest BCUT2D eigenvalue weighted by molar-refractivity contribution is 5.77. The van der Waals surface area contributed by atoms with Crippen LogP contribution in [0.15, 0.2) is 0 Å². The molecule has 22 atom stereocenters. The lowest BCUT2D eigenvalue weighted by atomic mass is 9.87. The van der Waals surface area contributed by atoms with Crippen LogP contribution in [0.5, 0.6) is 0 Å². The molecule has 0 bridgehead atoms. The lowest BCUT2D eigenvalue weighted by Gasteiger charge is -2.51. The summed E-state index contributed by atoms with van der Waals surface area (Å²) in [6.45, 7) is -1.72. The maximum atomic E-state index is 13.2. The monoisotopic (exact) mass is 965 g/mol. The van der Waals surface area contributed by atoms with E-state index >= 15 is 0 Å². The molecule has 4 aliphatic rings. The number of carbonyl (C=O) groups is 5. The topological polar surface area (TPSA) is 490 Å². The largest absolute Gasteiger partial charge is 0.477 e. The van der Waals surface area contributed by atoms with Gasteiger partial charge in [-0.25, -0.2) is 9.59 Å². The Morgan fingerprint density at radius 3 is 1.55 bits per heavy atom. The molecule has 4 aliphatic heterocycles. The number of hydrogen-bond acceptors (Lipinski definition) is 25. The molecule has 380 valence electrons. The van der Waals surface area contributed by atoms with Crippen molar-refractivity contribution in [3.05, 3.63) is 0 Å². The van der Waals surface area contributed by atoms with Crippen molar-refractivity contribution in [2.45, 2.75) is 167 Å². The fraction of sp³-hybridized carbons (Fsp3) is 0.861. The standard InChI is InChI=1S/C36H59N3O27/c1-10(44)37-19-13(47)4-35(33(56)57,64-28(19)22(50)15(49)6-40)63-18(9-43)25(53)29-20(38-11(2)45)14(48)5-36(65-29,34(58)59)66-30-24(52)17(8-42)61-32(26(30)54)62-27-21(39-12(3)46)31(55)60-16(7-41)23(27)51/h13-32,40-43,47-55H,4-9H2,1-3H3,(H,37,44)(H,38,45)(H,39,46)(H,56,57)(H,58,59)/t13-,14-,15+,16+,17+,18+,19+,20+,21+,22+,23-,24-,25+,26+,27+,28+,29+,30-,31?,32-,35+,36-/m0/s1. The first-order valence-electron chi connectivity index (χ1n) is 20.3. The van der Waals surface area contributed by atoms with Crippen molar-refractivity contribution in [3.8, 4) is 0 Å². The number of aliphatic hydroxyl groups is 13. The first-order valence-corrected chi connectivity index (χ1v) is 20.3. The fourth-order valence-corrected chi connectivity index (χ4v) is 8.16. The van der Waals surface area contributed by atoms with E-state index in [-0.39, 0.29) is 0 Å². The van der Waals surface area contributed by atoms with Gasteiger partial charge in [-0.3, -0.25) is 14.4 Å². The Hall–Kier alpha value is -3.45. The molecule has 0 spiro atoms. The average molecular weight is 966 g/mol. The summed E-state index contributed by atoms with van der Waals surface area (Å²) in [5, 5.41) is 167. The second-order valence-electron chi connectivity index (χ2n) is 16.2. The minimum atomic E-state index is -3.35. The minimum Gasteiger partial charge on any atom is -0.477 e. The van der Waals surface area contributed by atoms with Gasteiger partial charge in [-0.1, -0.05) is 0 Å². The van der Waals surface area contributed by atoms with Crippen LogP contribution in [0, 0.1) is 0 Å². The SMILES string of the molecule is CC(=O)N[C@H]1[C@H]([C@H](O)[C@H](O)CO)O[C@@](O[C@H](CO)[C@@H](O)[C@@H]2O[C@@](O[C@H]3[C@@H](O)[C@@H](CO)O[C@@H](O[C@H]4[C@@H](O)[C@@H](CO)OC(O)[C@@H]4NC(C)=O)[C@@H]3O)(C(=O)O)C[C@H](O)[C@H]2NC(C)=O)(C(=O)O)C[C@@H]1O. The molecule has 0 radical (unpaired) electrons. The molecule has 0 saturated carbocycles. The molecule has 4 saturated heterocycles. The normalized spacial score (nSPS) is 41.4. The Bertz CT molecular complexity index is 1680. The van der Waals surface area contributed by atoms with Gasteiger partial charge in [0.15, 0.2) is 12.6 Å². The van der Waals surface area contributed by atoms with Crippen LogP contribution >= 0.6 is 0 Å². The number of carboxylic acids is 2. The third-order valence-corrected chi connectivity index (χ3v) is 11.4. The summed E-state index contributed by atoms with van der Waals surface area (Å²) in [5.41, 5.74) is 0.